The second-order valence-corrected chi connectivity index (χ2v) is 5.68. The quantitative estimate of drug-likeness (QED) is 0.860. The van der Waals surface area contributed by atoms with Crippen LogP contribution in [0.4, 0.5) is 0 Å². The Morgan fingerprint density at radius 2 is 1.59 bits per heavy atom. The number of rotatable bonds is 5. The Morgan fingerprint density at radius 3 is 1.82 bits per heavy atom. The molecule has 0 radical (unpaired) electrons. The third-order valence-corrected chi connectivity index (χ3v) is 4.11. The summed E-state index contributed by atoms with van der Waals surface area (Å²) in [6, 6.07) is 4.45. The van der Waals surface area contributed by atoms with Gasteiger partial charge in [-0.05, 0) is 55.9 Å². The molecule has 0 saturated carbocycles. The zero-order valence-corrected chi connectivity index (χ0v) is 14.5. The van der Waals surface area contributed by atoms with Gasteiger partial charge in [0.15, 0.2) is 0 Å². The van der Waals surface area contributed by atoms with Crippen LogP contribution in [-0.4, -0.2) is 24.0 Å². The lowest BCUT2D eigenvalue weighted by molar-refractivity contribution is -0.153. The van der Waals surface area contributed by atoms with Crippen molar-refractivity contribution < 1.29 is 14.3 Å². The minimum Gasteiger partial charge on any atom is -0.464 e. The summed E-state index contributed by atoms with van der Waals surface area (Å²) in [5.74, 6) is -0.554. The van der Waals surface area contributed by atoms with E-state index in [9.17, 15) is 9.59 Å². The first-order valence-electron chi connectivity index (χ1n) is 7.88. The van der Waals surface area contributed by atoms with Crippen LogP contribution in [0.1, 0.15) is 51.7 Å². The van der Waals surface area contributed by atoms with Crippen molar-refractivity contribution in [1.29, 1.82) is 0 Å². The van der Waals surface area contributed by atoms with Crippen LogP contribution in [0, 0.1) is 13.8 Å². The van der Waals surface area contributed by atoms with Crippen molar-refractivity contribution in [2.45, 2.75) is 59.9 Å². The Hall–Kier alpha value is -1.84. The number of hydrogen-bond donors (Lipinski definition) is 1. The molecule has 2 aliphatic carbocycles. The third-order valence-electron chi connectivity index (χ3n) is 4.11. The molecule has 4 nitrogen and oxygen atoms in total. The molecule has 0 aliphatic heterocycles. The van der Waals surface area contributed by atoms with Gasteiger partial charge >= 0.3 is 5.97 Å². The van der Waals surface area contributed by atoms with Crippen LogP contribution in [0.25, 0.3) is 11.1 Å². The first-order valence-corrected chi connectivity index (χ1v) is 7.88. The smallest absolute Gasteiger partial charge is 0.331 e. The lowest BCUT2D eigenvalue weighted by atomic mass is 9.82. The largest absolute Gasteiger partial charge is 0.464 e. The molecular formula is C18H27NO3. The van der Waals surface area contributed by atoms with E-state index in [0.29, 0.717) is 19.4 Å². The zero-order valence-electron chi connectivity index (χ0n) is 14.5. The van der Waals surface area contributed by atoms with Gasteiger partial charge in [-0.1, -0.05) is 26.0 Å². The lowest BCUT2D eigenvalue weighted by Gasteiger charge is -2.29. The third kappa shape index (κ3) is 3.67. The van der Waals surface area contributed by atoms with E-state index in [2.05, 4.69) is 31.3 Å². The second kappa shape index (κ2) is 7.43. The highest BCUT2D eigenvalue weighted by Gasteiger charge is 2.36. The number of ether oxygens (including phenoxy) is 1. The molecule has 0 atom stereocenters. The Morgan fingerprint density at radius 1 is 1.09 bits per heavy atom. The number of esters is 1. The van der Waals surface area contributed by atoms with E-state index in [1.807, 2.05) is 13.8 Å². The van der Waals surface area contributed by atoms with E-state index in [-0.39, 0.29) is 11.9 Å². The molecule has 0 aromatic rings. The number of fused-ring (bicyclic) bond motifs is 1. The number of hydrogen-bond acceptors (Lipinski definition) is 3. The van der Waals surface area contributed by atoms with Crippen molar-refractivity contribution in [3.63, 3.8) is 0 Å². The van der Waals surface area contributed by atoms with Crippen molar-refractivity contribution in [2.75, 3.05) is 6.61 Å². The average Bonchev–Trinajstić information content (AvgIpc) is 2.44. The summed E-state index contributed by atoms with van der Waals surface area (Å²) in [6.45, 7) is 11.5. The van der Waals surface area contributed by atoms with Crippen LogP contribution in [0.15, 0.2) is 12.1 Å². The zero-order chi connectivity index (χ0) is 16.9. The summed E-state index contributed by atoms with van der Waals surface area (Å²) in [5, 5.41) is 2.66. The molecule has 22 heavy (non-hydrogen) atoms. The van der Waals surface area contributed by atoms with Gasteiger partial charge in [-0.3, -0.25) is 4.79 Å². The molecule has 0 spiro atoms. The van der Waals surface area contributed by atoms with Gasteiger partial charge in [-0.15, -0.1) is 0 Å². The van der Waals surface area contributed by atoms with E-state index >= 15 is 0 Å². The summed E-state index contributed by atoms with van der Waals surface area (Å²) < 4.78 is 4.94. The first-order chi connectivity index (χ1) is 10.3. The van der Waals surface area contributed by atoms with Gasteiger partial charge in [-0.25, -0.2) is 4.79 Å². The van der Waals surface area contributed by atoms with E-state index in [0.717, 1.165) is 0 Å². The van der Waals surface area contributed by atoms with Crippen LogP contribution in [0.3, 0.4) is 0 Å². The summed E-state index contributed by atoms with van der Waals surface area (Å²) >= 11 is 0. The molecule has 0 bridgehead atoms. The minimum atomic E-state index is -0.845. The fraction of sp³-hybridized carbons (Fsp3) is 0.556. The maximum Gasteiger partial charge on any atom is 0.331 e. The van der Waals surface area contributed by atoms with Crippen molar-refractivity contribution >= 4 is 11.9 Å². The number of nitrogens with one attached hydrogen (secondary N) is 1. The Labute approximate surface area is 133 Å². The van der Waals surface area contributed by atoms with Crippen molar-refractivity contribution in [2.24, 2.45) is 0 Å². The minimum absolute atomic E-state index is 0.207. The SMILES string of the molecule is CCOC(=O)C(CC)(CC)NC(C)=O.Cc1cc2cc(C)c1-2. The molecule has 4 heteroatoms. The summed E-state index contributed by atoms with van der Waals surface area (Å²) in [4.78, 5) is 22.6. The predicted octanol–water partition coefficient (Wildman–Crippen LogP) is 3.53. The van der Waals surface area contributed by atoms with Crippen LogP contribution in [0.5, 0.6) is 0 Å². The molecule has 0 unspecified atom stereocenters. The molecule has 2 aliphatic rings. The molecule has 2 rings (SSSR count). The fourth-order valence-corrected chi connectivity index (χ4v) is 2.78. The maximum atomic E-state index is 11.6. The second-order valence-electron chi connectivity index (χ2n) is 5.68. The maximum absolute atomic E-state index is 11.6. The van der Waals surface area contributed by atoms with E-state index < -0.39 is 5.54 Å². The molecule has 0 heterocycles. The van der Waals surface area contributed by atoms with Gasteiger partial charge < -0.3 is 10.1 Å². The highest BCUT2D eigenvalue weighted by atomic mass is 16.5. The molecule has 0 aromatic carbocycles. The molecular weight excluding hydrogens is 278 g/mol. The van der Waals surface area contributed by atoms with Gasteiger partial charge in [0.1, 0.15) is 5.54 Å². The highest BCUT2D eigenvalue weighted by molar-refractivity contribution is 5.87. The molecule has 122 valence electrons. The van der Waals surface area contributed by atoms with Gasteiger partial charge in [0.25, 0.3) is 0 Å². The average molecular weight is 305 g/mol. The van der Waals surface area contributed by atoms with Gasteiger partial charge in [0.2, 0.25) is 5.91 Å². The predicted molar refractivity (Wildman–Crippen MR) is 88.7 cm³/mol. The van der Waals surface area contributed by atoms with Gasteiger partial charge in [0.05, 0.1) is 6.61 Å². The topological polar surface area (TPSA) is 55.4 Å². The Kier molecular flexibility index (Phi) is 6.15. The lowest BCUT2D eigenvalue weighted by Crippen LogP contribution is -2.53. The standard InChI is InChI=1S/C10H19NO3.C8H8/c1-5-10(6-2,11-8(4)12)9(13)14-7-3;1-5-3-7-4-6(2)8(5)7/h5-7H2,1-4H3,(H,11,12);3-4H,1-2H3. The molecule has 0 saturated heterocycles. The molecule has 1 N–H and O–H groups in total. The summed E-state index contributed by atoms with van der Waals surface area (Å²) in [7, 11) is 0. The van der Waals surface area contributed by atoms with Gasteiger partial charge in [0, 0.05) is 6.92 Å². The van der Waals surface area contributed by atoms with E-state index in [1.165, 1.54) is 29.2 Å². The first kappa shape index (κ1) is 18.2. The van der Waals surface area contributed by atoms with Crippen molar-refractivity contribution in [3.8, 4) is 11.1 Å². The molecule has 0 aromatic heterocycles. The number of benzene rings is 1. The summed E-state index contributed by atoms with van der Waals surface area (Å²) in [6.07, 6.45) is 1.09. The monoisotopic (exact) mass is 305 g/mol. The van der Waals surface area contributed by atoms with E-state index in [1.54, 1.807) is 6.92 Å². The number of carbonyl (C=O) groups excluding carboxylic acids is 2. The fourth-order valence-electron chi connectivity index (χ4n) is 2.78. The van der Waals surface area contributed by atoms with Crippen LogP contribution in [-0.2, 0) is 14.3 Å². The van der Waals surface area contributed by atoms with E-state index in [4.69, 9.17) is 4.74 Å². The van der Waals surface area contributed by atoms with Gasteiger partial charge in [-0.2, -0.15) is 0 Å². The normalized spacial score (nSPS) is 11.2. The number of carbonyl (C=O) groups is 2. The summed E-state index contributed by atoms with van der Waals surface area (Å²) in [5.41, 5.74) is 5.05. The van der Waals surface area contributed by atoms with Crippen LogP contribution in [0.2, 0.25) is 0 Å². The Bertz CT molecular complexity index is 536. The highest BCUT2D eigenvalue weighted by Crippen LogP contribution is 2.39. The van der Waals surface area contributed by atoms with Crippen LogP contribution >= 0.6 is 0 Å². The molecule has 0 fully saturated rings. The van der Waals surface area contributed by atoms with Crippen LogP contribution < -0.4 is 5.32 Å². The Balaban J connectivity index is 0.000000249. The number of amides is 1. The molecule has 1 amide bonds. The number of aryl methyl sites for hydroxylation is 2. The van der Waals surface area contributed by atoms with Crippen molar-refractivity contribution in [1.82, 2.24) is 5.32 Å². The van der Waals surface area contributed by atoms with Crippen molar-refractivity contribution in [3.05, 3.63) is 23.3 Å².